The molecule has 226 valence electrons. The third-order valence-corrected chi connectivity index (χ3v) is 7.05. The Kier molecular flexibility index (Phi) is 9.55. The molecule has 3 heterocycles. The number of carbonyl (C=O) groups is 3. The number of methoxy groups -OCH3 is 1. The molecule has 3 fully saturated rings. The Morgan fingerprint density at radius 3 is 2.20 bits per heavy atom. The van der Waals surface area contributed by atoms with Crippen molar-refractivity contribution in [3.63, 3.8) is 0 Å². The number of hydrogen-bond acceptors (Lipinski definition) is 9. The molecule has 4 rings (SSSR count). The van der Waals surface area contributed by atoms with Crippen LogP contribution in [-0.4, -0.2) is 79.3 Å². The van der Waals surface area contributed by atoms with E-state index in [9.17, 15) is 14.4 Å². The molecule has 3 aliphatic rings. The van der Waals surface area contributed by atoms with Crippen molar-refractivity contribution < 1.29 is 42.8 Å². The van der Waals surface area contributed by atoms with Crippen molar-refractivity contribution in [2.75, 3.05) is 7.11 Å². The molecule has 0 spiro atoms. The highest BCUT2D eigenvalue weighted by molar-refractivity contribution is 5.94. The average Bonchev–Trinajstić information content (AvgIpc) is 3.39. The standard InChI is InChI=1S/C30H42N2O9/c1-17(2)15-20(27(35)36-7)32-26(34)19(16-18-11-9-8-10-12-18)31-22(33)14-13-21-23-24(39-29(3,4)38-23)25-28(37-21)41-30(5,6)40-25/h8-14,17,19-21,23-25,28H,15-16H2,1-7H3,(H,31,33)(H,32,34)/b14-13+/t19-,20-,21+,23-,24-,25+,28+/m0/s1. The highest BCUT2D eigenvalue weighted by atomic mass is 16.9. The monoisotopic (exact) mass is 574 g/mol. The zero-order valence-corrected chi connectivity index (χ0v) is 24.7. The molecule has 0 unspecified atom stereocenters. The molecule has 1 aromatic carbocycles. The van der Waals surface area contributed by atoms with Gasteiger partial charge >= 0.3 is 5.97 Å². The molecule has 3 saturated heterocycles. The fraction of sp³-hybridized carbons (Fsp3) is 0.633. The van der Waals surface area contributed by atoms with Crippen molar-refractivity contribution in [2.45, 2.75) is 109 Å². The maximum Gasteiger partial charge on any atom is 0.328 e. The summed E-state index contributed by atoms with van der Waals surface area (Å²) in [6.07, 6.45) is 0.672. The summed E-state index contributed by atoms with van der Waals surface area (Å²) in [5.74, 6) is -3.14. The first-order valence-corrected chi connectivity index (χ1v) is 14.0. The van der Waals surface area contributed by atoms with Crippen LogP contribution in [0.5, 0.6) is 0 Å². The summed E-state index contributed by atoms with van der Waals surface area (Å²) >= 11 is 0. The molecule has 0 saturated carbocycles. The first-order chi connectivity index (χ1) is 19.3. The SMILES string of the molecule is COC(=O)[C@H](CC(C)C)NC(=O)[C@H](Cc1ccccc1)NC(=O)/C=C/[C@H]1O[C@@H]2OC(C)(C)O[C@@H]2[C@H]2OC(C)(C)O[C@H]21. The minimum atomic E-state index is -0.948. The molecule has 2 amide bonds. The van der Waals surface area contributed by atoms with Crippen molar-refractivity contribution in [1.82, 2.24) is 10.6 Å². The number of carbonyl (C=O) groups excluding carboxylic acids is 3. The van der Waals surface area contributed by atoms with Gasteiger partial charge in [0.25, 0.3) is 0 Å². The van der Waals surface area contributed by atoms with E-state index in [2.05, 4.69) is 10.6 Å². The Hall–Kier alpha value is -2.83. The van der Waals surface area contributed by atoms with E-state index in [1.54, 1.807) is 19.9 Å². The lowest BCUT2D eigenvalue weighted by Gasteiger charge is -2.36. The largest absolute Gasteiger partial charge is 0.467 e. The van der Waals surface area contributed by atoms with Crippen molar-refractivity contribution in [1.29, 1.82) is 0 Å². The summed E-state index contributed by atoms with van der Waals surface area (Å²) < 4.78 is 35.2. The zero-order chi connectivity index (χ0) is 29.9. The van der Waals surface area contributed by atoms with E-state index >= 15 is 0 Å². The first kappa shape index (κ1) is 31.1. The molecule has 1 aromatic rings. The van der Waals surface area contributed by atoms with Crippen LogP contribution in [0, 0.1) is 5.92 Å². The van der Waals surface area contributed by atoms with Gasteiger partial charge in [-0.2, -0.15) is 0 Å². The van der Waals surface area contributed by atoms with Gasteiger partial charge in [0.1, 0.15) is 36.5 Å². The van der Waals surface area contributed by atoms with E-state index in [0.29, 0.717) is 6.42 Å². The highest BCUT2D eigenvalue weighted by Crippen LogP contribution is 2.44. The topological polar surface area (TPSA) is 131 Å². The molecule has 7 atom stereocenters. The zero-order valence-electron chi connectivity index (χ0n) is 24.7. The number of ether oxygens (including phenoxy) is 6. The van der Waals surface area contributed by atoms with E-state index < -0.39 is 72.1 Å². The minimum absolute atomic E-state index is 0.134. The Morgan fingerprint density at radius 1 is 0.902 bits per heavy atom. The van der Waals surface area contributed by atoms with E-state index in [1.807, 2.05) is 58.0 Å². The molecular weight excluding hydrogens is 532 g/mol. The van der Waals surface area contributed by atoms with Gasteiger partial charge in [0, 0.05) is 12.5 Å². The molecule has 0 aromatic heterocycles. The summed E-state index contributed by atoms with van der Waals surface area (Å²) in [4.78, 5) is 38.8. The Bertz CT molecular complexity index is 1120. The molecule has 11 nitrogen and oxygen atoms in total. The normalized spacial score (nSPS) is 29.4. The summed E-state index contributed by atoms with van der Waals surface area (Å²) in [6, 6.07) is 7.53. The van der Waals surface area contributed by atoms with Crippen molar-refractivity contribution in [3.05, 3.63) is 48.0 Å². The van der Waals surface area contributed by atoms with Crippen LogP contribution >= 0.6 is 0 Å². The Morgan fingerprint density at radius 2 is 1.54 bits per heavy atom. The van der Waals surface area contributed by atoms with Gasteiger partial charge in [0.2, 0.25) is 11.8 Å². The van der Waals surface area contributed by atoms with Crippen molar-refractivity contribution >= 4 is 17.8 Å². The van der Waals surface area contributed by atoms with E-state index in [4.69, 9.17) is 28.4 Å². The molecule has 2 N–H and O–H groups in total. The van der Waals surface area contributed by atoms with Gasteiger partial charge in [-0.1, -0.05) is 44.2 Å². The number of amides is 2. The van der Waals surface area contributed by atoms with Crippen LogP contribution in [0.25, 0.3) is 0 Å². The second-order valence-corrected chi connectivity index (χ2v) is 12.0. The number of rotatable bonds is 10. The first-order valence-electron chi connectivity index (χ1n) is 14.0. The van der Waals surface area contributed by atoms with Gasteiger partial charge in [-0.15, -0.1) is 0 Å². The molecule has 41 heavy (non-hydrogen) atoms. The minimum Gasteiger partial charge on any atom is -0.467 e. The van der Waals surface area contributed by atoms with E-state index in [-0.39, 0.29) is 12.3 Å². The molecular formula is C30H42N2O9. The number of fused-ring (bicyclic) bond motifs is 3. The second kappa shape index (κ2) is 12.6. The number of nitrogens with one attached hydrogen (secondary N) is 2. The molecule has 0 bridgehead atoms. The second-order valence-electron chi connectivity index (χ2n) is 12.0. The van der Waals surface area contributed by atoms with E-state index in [0.717, 1.165) is 5.56 Å². The highest BCUT2D eigenvalue weighted by Gasteiger charge is 2.60. The van der Waals surface area contributed by atoms with E-state index in [1.165, 1.54) is 13.2 Å². The fourth-order valence-corrected chi connectivity index (χ4v) is 5.36. The maximum absolute atomic E-state index is 13.4. The number of esters is 1. The van der Waals surface area contributed by atoms with Crippen LogP contribution < -0.4 is 10.6 Å². The van der Waals surface area contributed by atoms with Gasteiger partial charge in [-0.25, -0.2) is 4.79 Å². The van der Waals surface area contributed by atoms with Gasteiger partial charge < -0.3 is 39.1 Å². The Labute approximate surface area is 241 Å². The summed E-state index contributed by atoms with van der Waals surface area (Å²) in [5, 5.41) is 5.54. The van der Waals surface area contributed by atoms with Gasteiger partial charge in [-0.3, -0.25) is 9.59 Å². The summed E-state index contributed by atoms with van der Waals surface area (Å²) in [6.45, 7) is 11.1. The number of hydrogen-bond donors (Lipinski definition) is 2. The van der Waals surface area contributed by atoms with Gasteiger partial charge in [0.05, 0.1) is 7.11 Å². The van der Waals surface area contributed by atoms with Crippen LogP contribution in [0.4, 0.5) is 0 Å². The predicted octanol–water partition coefficient (Wildman–Crippen LogP) is 2.37. The smallest absolute Gasteiger partial charge is 0.328 e. The van der Waals surface area contributed by atoms with Crippen LogP contribution in [0.15, 0.2) is 42.5 Å². The van der Waals surface area contributed by atoms with Crippen LogP contribution in [0.2, 0.25) is 0 Å². The Balaban J connectivity index is 1.48. The van der Waals surface area contributed by atoms with Crippen molar-refractivity contribution in [2.24, 2.45) is 5.92 Å². The molecule has 0 aliphatic carbocycles. The van der Waals surface area contributed by atoms with Crippen molar-refractivity contribution in [3.8, 4) is 0 Å². The quantitative estimate of drug-likeness (QED) is 0.319. The fourth-order valence-electron chi connectivity index (χ4n) is 5.36. The summed E-state index contributed by atoms with van der Waals surface area (Å²) in [7, 11) is 1.28. The summed E-state index contributed by atoms with van der Waals surface area (Å²) in [5.41, 5.74) is 0.847. The maximum atomic E-state index is 13.4. The van der Waals surface area contributed by atoms with Crippen LogP contribution in [0.3, 0.4) is 0 Å². The number of benzene rings is 1. The average molecular weight is 575 g/mol. The lowest BCUT2D eigenvalue weighted by Crippen LogP contribution is -2.54. The van der Waals surface area contributed by atoms with Gasteiger partial charge in [-0.05, 0) is 51.7 Å². The lowest BCUT2D eigenvalue weighted by atomic mass is 9.98. The molecule has 0 radical (unpaired) electrons. The molecule has 3 aliphatic heterocycles. The van der Waals surface area contributed by atoms with Gasteiger partial charge in [0.15, 0.2) is 17.9 Å². The van der Waals surface area contributed by atoms with Crippen LogP contribution in [0.1, 0.15) is 53.5 Å². The third-order valence-electron chi connectivity index (χ3n) is 7.05. The predicted molar refractivity (Wildman–Crippen MR) is 147 cm³/mol. The van der Waals surface area contributed by atoms with Crippen LogP contribution in [-0.2, 0) is 49.2 Å². The molecule has 11 heteroatoms. The lowest BCUT2D eigenvalue weighted by molar-refractivity contribution is -0.222. The third kappa shape index (κ3) is 7.92.